The number of halogens is 3. The molecule has 1 saturated heterocycles. The van der Waals surface area contributed by atoms with Crippen molar-refractivity contribution in [3.05, 3.63) is 30.1 Å². The molecule has 0 spiro atoms. The number of hydrogen-bond acceptors (Lipinski definition) is 3. The molecule has 6 heteroatoms. The highest BCUT2D eigenvalue weighted by Gasteiger charge is 2.18. The van der Waals surface area contributed by atoms with E-state index in [2.05, 4.69) is 16.0 Å². The van der Waals surface area contributed by atoms with Gasteiger partial charge in [-0.15, -0.1) is 37.2 Å². The van der Waals surface area contributed by atoms with Gasteiger partial charge in [0, 0.05) is 38.1 Å². The van der Waals surface area contributed by atoms with Crippen molar-refractivity contribution in [3.8, 4) is 0 Å². The Labute approximate surface area is 115 Å². The van der Waals surface area contributed by atoms with Crippen molar-refractivity contribution < 1.29 is 0 Å². The molecule has 1 atom stereocenters. The molecular formula is C10H18Cl3N3. The highest BCUT2D eigenvalue weighted by atomic mass is 35.5. The van der Waals surface area contributed by atoms with Crippen molar-refractivity contribution in [3.63, 3.8) is 0 Å². The van der Waals surface area contributed by atoms with Gasteiger partial charge in [-0.05, 0) is 18.1 Å². The predicted molar refractivity (Wildman–Crippen MR) is 73.9 cm³/mol. The second-order valence-electron chi connectivity index (χ2n) is 3.65. The van der Waals surface area contributed by atoms with Crippen LogP contribution in [0.5, 0.6) is 0 Å². The number of nitrogens with zero attached hydrogens (tertiary/aromatic N) is 2. The maximum atomic E-state index is 5.82. The molecule has 16 heavy (non-hydrogen) atoms. The molecule has 94 valence electrons. The van der Waals surface area contributed by atoms with Gasteiger partial charge in [-0.3, -0.25) is 9.88 Å². The number of nitrogens with two attached hydrogens (primary N) is 1. The lowest BCUT2D eigenvalue weighted by Gasteiger charge is -2.14. The molecule has 1 aliphatic heterocycles. The van der Waals surface area contributed by atoms with Crippen LogP contribution in [0.2, 0.25) is 0 Å². The van der Waals surface area contributed by atoms with Crippen molar-refractivity contribution in [2.24, 2.45) is 5.73 Å². The third kappa shape index (κ3) is 5.32. The molecule has 0 amide bonds. The normalized spacial score (nSPS) is 19.2. The van der Waals surface area contributed by atoms with E-state index in [1.165, 1.54) is 5.56 Å². The topological polar surface area (TPSA) is 42.1 Å². The van der Waals surface area contributed by atoms with Gasteiger partial charge in [0.1, 0.15) is 0 Å². The van der Waals surface area contributed by atoms with Gasteiger partial charge in [0.25, 0.3) is 0 Å². The zero-order chi connectivity index (χ0) is 9.10. The first kappa shape index (κ1) is 18.3. The number of rotatable bonds is 2. The van der Waals surface area contributed by atoms with E-state index in [1.807, 2.05) is 12.3 Å². The molecule has 1 fully saturated rings. The van der Waals surface area contributed by atoms with Crippen LogP contribution >= 0.6 is 37.2 Å². The lowest BCUT2D eigenvalue weighted by Crippen LogP contribution is -2.26. The van der Waals surface area contributed by atoms with Crippen LogP contribution in [0.15, 0.2) is 24.5 Å². The van der Waals surface area contributed by atoms with Gasteiger partial charge in [0.05, 0.1) is 0 Å². The van der Waals surface area contributed by atoms with Crippen molar-refractivity contribution >= 4 is 37.2 Å². The van der Waals surface area contributed by atoms with Crippen LogP contribution in [0.25, 0.3) is 0 Å². The van der Waals surface area contributed by atoms with E-state index in [0.717, 1.165) is 26.1 Å². The Hall–Kier alpha value is -0.0600. The van der Waals surface area contributed by atoms with E-state index in [9.17, 15) is 0 Å². The highest BCUT2D eigenvalue weighted by Crippen LogP contribution is 2.10. The van der Waals surface area contributed by atoms with Gasteiger partial charge < -0.3 is 5.73 Å². The molecule has 0 unspecified atom stereocenters. The van der Waals surface area contributed by atoms with Crippen molar-refractivity contribution in [1.29, 1.82) is 0 Å². The fraction of sp³-hybridized carbons (Fsp3) is 0.500. The average molecular weight is 287 g/mol. The second kappa shape index (κ2) is 9.02. The van der Waals surface area contributed by atoms with E-state index >= 15 is 0 Å². The van der Waals surface area contributed by atoms with Gasteiger partial charge in [0.2, 0.25) is 0 Å². The highest BCUT2D eigenvalue weighted by molar-refractivity contribution is 5.86. The SMILES string of the molecule is Cl.Cl.Cl.N[C@@H]1CCN(Cc2cccnc2)C1. The van der Waals surface area contributed by atoms with Gasteiger partial charge in [-0.25, -0.2) is 0 Å². The summed E-state index contributed by atoms with van der Waals surface area (Å²) in [7, 11) is 0. The minimum Gasteiger partial charge on any atom is -0.326 e. The first-order valence-corrected chi connectivity index (χ1v) is 4.71. The van der Waals surface area contributed by atoms with Crippen molar-refractivity contribution in [1.82, 2.24) is 9.88 Å². The van der Waals surface area contributed by atoms with Gasteiger partial charge >= 0.3 is 0 Å². The molecule has 2 rings (SSSR count). The van der Waals surface area contributed by atoms with Crippen LogP contribution in [0.3, 0.4) is 0 Å². The lowest BCUT2D eigenvalue weighted by atomic mass is 10.3. The van der Waals surface area contributed by atoms with Crippen LogP contribution < -0.4 is 5.73 Å². The third-order valence-electron chi connectivity index (χ3n) is 2.44. The van der Waals surface area contributed by atoms with Crippen molar-refractivity contribution in [2.45, 2.75) is 19.0 Å². The smallest absolute Gasteiger partial charge is 0.0312 e. The predicted octanol–water partition coefficient (Wildman–Crippen LogP) is 1.88. The Morgan fingerprint density at radius 3 is 2.62 bits per heavy atom. The van der Waals surface area contributed by atoms with Gasteiger partial charge in [-0.1, -0.05) is 6.07 Å². The lowest BCUT2D eigenvalue weighted by molar-refractivity contribution is 0.326. The summed E-state index contributed by atoms with van der Waals surface area (Å²) in [6, 6.07) is 4.46. The molecule has 2 N–H and O–H groups in total. The monoisotopic (exact) mass is 285 g/mol. The molecule has 2 heterocycles. The molecule has 1 aliphatic rings. The Bertz CT molecular complexity index is 271. The summed E-state index contributed by atoms with van der Waals surface area (Å²) in [4.78, 5) is 6.46. The van der Waals surface area contributed by atoms with E-state index in [4.69, 9.17) is 5.73 Å². The zero-order valence-electron chi connectivity index (χ0n) is 8.91. The van der Waals surface area contributed by atoms with Crippen LogP contribution in [0.4, 0.5) is 0 Å². The first-order chi connectivity index (χ1) is 6.34. The van der Waals surface area contributed by atoms with Crippen LogP contribution in [-0.2, 0) is 6.54 Å². The second-order valence-corrected chi connectivity index (χ2v) is 3.65. The molecule has 0 aromatic carbocycles. The van der Waals surface area contributed by atoms with Gasteiger partial charge in [0.15, 0.2) is 0 Å². The molecule has 1 aromatic rings. The summed E-state index contributed by atoms with van der Waals surface area (Å²) < 4.78 is 0. The molecule has 3 nitrogen and oxygen atoms in total. The molecular weight excluding hydrogens is 268 g/mol. The Kier molecular flexibility index (Phi) is 10.3. The number of likely N-dealkylation sites (tertiary alicyclic amines) is 1. The average Bonchev–Trinajstić information content (AvgIpc) is 2.53. The van der Waals surface area contributed by atoms with Crippen molar-refractivity contribution in [2.75, 3.05) is 13.1 Å². The third-order valence-corrected chi connectivity index (χ3v) is 2.44. The molecule has 1 aromatic heterocycles. The quantitative estimate of drug-likeness (QED) is 0.903. The summed E-state index contributed by atoms with van der Waals surface area (Å²) in [5.41, 5.74) is 7.10. The Balaban J connectivity index is 0. The van der Waals surface area contributed by atoms with Crippen LogP contribution in [0, 0.1) is 0 Å². The number of aromatic nitrogens is 1. The summed E-state index contributed by atoms with van der Waals surface area (Å²) in [5, 5.41) is 0. The largest absolute Gasteiger partial charge is 0.326 e. The first-order valence-electron chi connectivity index (χ1n) is 4.71. The van der Waals surface area contributed by atoms with E-state index in [-0.39, 0.29) is 37.2 Å². The maximum absolute atomic E-state index is 5.82. The van der Waals surface area contributed by atoms with Gasteiger partial charge in [-0.2, -0.15) is 0 Å². The standard InChI is InChI=1S/C10H15N3.3ClH/c11-10-3-5-13(8-10)7-9-2-1-4-12-6-9;;;/h1-2,4,6,10H,3,5,7-8,11H2;3*1H/t10-;;;/m1.../s1. The number of hydrogen-bond donors (Lipinski definition) is 1. The summed E-state index contributed by atoms with van der Waals surface area (Å²) in [6.45, 7) is 3.13. The summed E-state index contributed by atoms with van der Waals surface area (Å²) in [6.07, 6.45) is 4.85. The minimum atomic E-state index is 0. The fourth-order valence-corrected chi connectivity index (χ4v) is 1.76. The Morgan fingerprint density at radius 2 is 2.12 bits per heavy atom. The molecule has 0 saturated carbocycles. The van der Waals surface area contributed by atoms with Crippen LogP contribution in [-0.4, -0.2) is 29.0 Å². The number of pyridine rings is 1. The minimum absolute atomic E-state index is 0. The molecule has 0 aliphatic carbocycles. The maximum Gasteiger partial charge on any atom is 0.0312 e. The zero-order valence-corrected chi connectivity index (χ0v) is 11.4. The van der Waals surface area contributed by atoms with Crippen LogP contribution in [0.1, 0.15) is 12.0 Å². The fourth-order valence-electron chi connectivity index (χ4n) is 1.76. The molecule has 0 bridgehead atoms. The molecule has 0 radical (unpaired) electrons. The van der Waals surface area contributed by atoms with E-state index in [0.29, 0.717) is 6.04 Å². The summed E-state index contributed by atoms with van der Waals surface area (Å²) >= 11 is 0. The van der Waals surface area contributed by atoms with E-state index in [1.54, 1.807) is 6.20 Å². The Morgan fingerprint density at radius 1 is 1.38 bits per heavy atom. The van der Waals surface area contributed by atoms with E-state index < -0.39 is 0 Å². The summed E-state index contributed by atoms with van der Waals surface area (Å²) in [5.74, 6) is 0.